The predicted octanol–water partition coefficient (Wildman–Crippen LogP) is 2.20. The molecule has 2 atom stereocenters. The number of carbonyl (C=O) groups excluding carboxylic acids is 1. The van der Waals surface area contributed by atoms with Crippen LogP contribution in [0.5, 0.6) is 0 Å². The Balaban J connectivity index is 2.09. The van der Waals surface area contributed by atoms with Crippen molar-refractivity contribution in [1.82, 2.24) is 4.90 Å². The number of amides is 1. The number of aliphatic imine (C=N–C) groups is 1. The molecule has 1 fully saturated rings. The molecule has 2 rings (SSSR count). The smallest absolute Gasteiger partial charge is 0.410 e. The Morgan fingerprint density at radius 1 is 1.33 bits per heavy atom. The van der Waals surface area contributed by atoms with Crippen molar-refractivity contribution < 1.29 is 14.3 Å². The molecule has 0 spiro atoms. The Bertz CT molecular complexity index is 360. The molecule has 2 aliphatic heterocycles. The van der Waals surface area contributed by atoms with Crippen LogP contribution in [-0.4, -0.2) is 48.2 Å². The largest absolute Gasteiger partial charge is 0.484 e. The van der Waals surface area contributed by atoms with Crippen LogP contribution in [0.15, 0.2) is 4.99 Å². The van der Waals surface area contributed by atoms with E-state index in [1.54, 1.807) is 7.11 Å². The lowest BCUT2D eigenvalue weighted by molar-refractivity contribution is 0.0163. The maximum Gasteiger partial charge on any atom is 0.410 e. The molecule has 5 heteroatoms. The van der Waals surface area contributed by atoms with Gasteiger partial charge < -0.3 is 9.47 Å². The van der Waals surface area contributed by atoms with E-state index < -0.39 is 5.60 Å². The molecule has 2 heterocycles. The SMILES string of the molecule is COC1=NCC2CCC(C1)N2C(=O)OC(C)(C)C. The zero-order valence-electron chi connectivity index (χ0n) is 11.6. The van der Waals surface area contributed by atoms with Gasteiger partial charge in [0, 0.05) is 12.5 Å². The van der Waals surface area contributed by atoms with Crippen LogP contribution in [0.1, 0.15) is 40.0 Å². The average Bonchev–Trinajstić information content (AvgIpc) is 2.51. The maximum absolute atomic E-state index is 12.2. The molecule has 0 aromatic rings. The first-order chi connectivity index (χ1) is 8.40. The standard InChI is InChI=1S/C13H22N2O3/c1-13(2,3)18-12(16)15-9-5-6-10(15)8-14-11(7-9)17-4/h9-10H,5-8H2,1-4H3. The highest BCUT2D eigenvalue weighted by molar-refractivity contribution is 5.79. The summed E-state index contributed by atoms with van der Waals surface area (Å²) < 4.78 is 10.7. The zero-order chi connectivity index (χ0) is 13.3. The van der Waals surface area contributed by atoms with Gasteiger partial charge in [-0.3, -0.25) is 9.89 Å². The van der Waals surface area contributed by atoms with E-state index in [9.17, 15) is 4.79 Å². The molecule has 5 nitrogen and oxygen atoms in total. The number of hydrogen-bond donors (Lipinski definition) is 0. The van der Waals surface area contributed by atoms with E-state index in [4.69, 9.17) is 9.47 Å². The molecule has 2 aliphatic rings. The minimum Gasteiger partial charge on any atom is -0.484 e. The summed E-state index contributed by atoms with van der Waals surface area (Å²) in [5, 5.41) is 0. The summed E-state index contributed by atoms with van der Waals surface area (Å²) in [6, 6.07) is 0.337. The summed E-state index contributed by atoms with van der Waals surface area (Å²) >= 11 is 0. The van der Waals surface area contributed by atoms with Gasteiger partial charge in [-0.15, -0.1) is 0 Å². The first kappa shape index (κ1) is 13.2. The lowest BCUT2D eigenvalue weighted by atomic mass is 10.1. The van der Waals surface area contributed by atoms with Crippen LogP contribution in [0.3, 0.4) is 0 Å². The third-order valence-electron chi connectivity index (χ3n) is 3.35. The second-order valence-electron chi connectivity index (χ2n) is 5.92. The monoisotopic (exact) mass is 254 g/mol. The van der Waals surface area contributed by atoms with Crippen molar-refractivity contribution in [2.75, 3.05) is 13.7 Å². The summed E-state index contributed by atoms with van der Waals surface area (Å²) in [4.78, 5) is 18.5. The summed E-state index contributed by atoms with van der Waals surface area (Å²) in [6.45, 7) is 6.30. The number of ether oxygens (including phenoxy) is 2. The van der Waals surface area contributed by atoms with Crippen LogP contribution >= 0.6 is 0 Å². The molecule has 0 aromatic carbocycles. The first-order valence-corrected chi connectivity index (χ1v) is 6.49. The third kappa shape index (κ3) is 2.76. The molecule has 2 unspecified atom stereocenters. The quantitative estimate of drug-likeness (QED) is 0.666. The zero-order valence-corrected chi connectivity index (χ0v) is 11.6. The van der Waals surface area contributed by atoms with Crippen molar-refractivity contribution in [1.29, 1.82) is 0 Å². The van der Waals surface area contributed by atoms with Crippen LogP contribution in [0.2, 0.25) is 0 Å². The van der Waals surface area contributed by atoms with Gasteiger partial charge in [-0.05, 0) is 33.6 Å². The Morgan fingerprint density at radius 3 is 2.61 bits per heavy atom. The number of carbonyl (C=O) groups is 1. The number of nitrogens with zero attached hydrogens (tertiary/aromatic N) is 2. The fraction of sp³-hybridized carbons (Fsp3) is 0.846. The minimum atomic E-state index is -0.451. The normalized spacial score (nSPS) is 27.6. The first-order valence-electron chi connectivity index (χ1n) is 6.49. The van der Waals surface area contributed by atoms with Crippen molar-refractivity contribution in [3.63, 3.8) is 0 Å². The van der Waals surface area contributed by atoms with Crippen LogP contribution < -0.4 is 0 Å². The van der Waals surface area contributed by atoms with E-state index in [1.165, 1.54) is 0 Å². The fourth-order valence-corrected chi connectivity index (χ4v) is 2.57. The molecule has 0 aromatic heterocycles. The molecule has 0 saturated carbocycles. The van der Waals surface area contributed by atoms with Gasteiger partial charge in [-0.2, -0.15) is 0 Å². The van der Waals surface area contributed by atoms with Gasteiger partial charge in [0.05, 0.1) is 19.7 Å². The topological polar surface area (TPSA) is 51.1 Å². The van der Waals surface area contributed by atoms with Gasteiger partial charge in [0.15, 0.2) is 5.90 Å². The summed E-state index contributed by atoms with van der Waals surface area (Å²) in [7, 11) is 1.63. The molecule has 1 amide bonds. The fourth-order valence-electron chi connectivity index (χ4n) is 2.57. The Labute approximate surface area is 108 Å². The minimum absolute atomic E-state index is 0.164. The summed E-state index contributed by atoms with van der Waals surface area (Å²) in [6.07, 6.45) is 2.49. The Morgan fingerprint density at radius 2 is 2.00 bits per heavy atom. The van der Waals surface area contributed by atoms with E-state index in [2.05, 4.69) is 4.99 Å². The lowest BCUT2D eigenvalue weighted by Crippen LogP contribution is -2.44. The highest BCUT2D eigenvalue weighted by Gasteiger charge is 2.41. The van der Waals surface area contributed by atoms with E-state index in [-0.39, 0.29) is 18.2 Å². The van der Waals surface area contributed by atoms with Gasteiger partial charge in [0.1, 0.15) is 5.60 Å². The van der Waals surface area contributed by atoms with Crippen molar-refractivity contribution in [2.24, 2.45) is 4.99 Å². The van der Waals surface area contributed by atoms with Crippen LogP contribution in [-0.2, 0) is 9.47 Å². The molecule has 0 N–H and O–H groups in total. The summed E-state index contributed by atoms with van der Waals surface area (Å²) in [5.74, 6) is 0.746. The molecule has 0 aliphatic carbocycles. The Hall–Kier alpha value is -1.26. The van der Waals surface area contributed by atoms with Crippen LogP contribution in [0.25, 0.3) is 0 Å². The maximum atomic E-state index is 12.2. The molecule has 1 saturated heterocycles. The van der Waals surface area contributed by atoms with Gasteiger partial charge in [-0.1, -0.05) is 0 Å². The van der Waals surface area contributed by atoms with E-state index >= 15 is 0 Å². The molecule has 18 heavy (non-hydrogen) atoms. The van der Waals surface area contributed by atoms with Gasteiger partial charge in [-0.25, -0.2) is 4.79 Å². The Kier molecular flexibility index (Phi) is 3.50. The van der Waals surface area contributed by atoms with E-state index in [1.807, 2.05) is 25.7 Å². The number of hydrogen-bond acceptors (Lipinski definition) is 4. The highest BCUT2D eigenvalue weighted by Crippen LogP contribution is 2.31. The van der Waals surface area contributed by atoms with Gasteiger partial charge >= 0.3 is 6.09 Å². The van der Waals surface area contributed by atoms with Crippen molar-refractivity contribution in [3.05, 3.63) is 0 Å². The number of fused-ring (bicyclic) bond motifs is 2. The molecular formula is C13H22N2O3. The molecular weight excluding hydrogens is 232 g/mol. The number of rotatable bonds is 0. The number of methoxy groups -OCH3 is 1. The van der Waals surface area contributed by atoms with E-state index in [0.29, 0.717) is 13.0 Å². The predicted molar refractivity (Wildman–Crippen MR) is 68.8 cm³/mol. The molecule has 2 bridgehead atoms. The highest BCUT2D eigenvalue weighted by atomic mass is 16.6. The lowest BCUT2D eigenvalue weighted by Gasteiger charge is -2.30. The van der Waals surface area contributed by atoms with Crippen molar-refractivity contribution in [3.8, 4) is 0 Å². The van der Waals surface area contributed by atoms with Crippen molar-refractivity contribution >= 4 is 12.0 Å². The van der Waals surface area contributed by atoms with Gasteiger partial charge in [0.2, 0.25) is 0 Å². The third-order valence-corrected chi connectivity index (χ3v) is 3.35. The summed E-state index contributed by atoms with van der Waals surface area (Å²) in [5.41, 5.74) is -0.451. The van der Waals surface area contributed by atoms with Crippen LogP contribution in [0.4, 0.5) is 4.79 Å². The molecule has 102 valence electrons. The van der Waals surface area contributed by atoms with Crippen LogP contribution in [0, 0.1) is 0 Å². The van der Waals surface area contributed by atoms with Crippen molar-refractivity contribution in [2.45, 2.75) is 57.7 Å². The van der Waals surface area contributed by atoms with Gasteiger partial charge in [0.25, 0.3) is 0 Å². The second kappa shape index (κ2) is 4.78. The average molecular weight is 254 g/mol. The second-order valence-corrected chi connectivity index (χ2v) is 5.92. The molecule has 0 radical (unpaired) electrons. The van der Waals surface area contributed by atoms with E-state index in [0.717, 1.165) is 18.7 Å².